The van der Waals surface area contributed by atoms with Crippen LogP contribution in [-0.2, 0) is 28.2 Å². The van der Waals surface area contributed by atoms with Crippen molar-refractivity contribution in [3.05, 3.63) is 12.2 Å². The van der Waals surface area contributed by atoms with E-state index in [1.165, 1.54) is 0 Å². The second-order valence-corrected chi connectivity index (χ2v) is 6.92. The number of aromatic nitrogens is 3. The molecule has 1 aromatic rings. The van der Waals surface area contributed by atoms with Crippen LogP contribution in [0.15, 0.2) is 6.33 Å². The van der Waals surface area contributed by atoms with Crippen LogP contribution in [0.5, 0.6) is 0 Å². The molecule has 0 radical (unpaired) electrons. The number of aliphatic carboxylic acids is 1. The van der Waals surface area contributed by atoms with Crippen LogP contribution in [-0.4, -0.2) is 63.3 Å². The molecule has 2 heterocycles. The van der Waals surface area contributed by atoms with E-state index in [2.05, 4.69) is 10.2 Å². The average Bonchev–Trinajstić information content (AvgIpc) is 2.67. The topological polar surface area (TPSA) is 105 Å². The van der Waals surface area contributed by atoms with Crippen molar-refractivity contribution in [1.29, 1.82) is 0 Å². The summed E-state index contributed by atoms with van der Waals surface area (Å²) in [5.41, 5.74) is 0. The minimum absolute atomic E-state index is 0.0565. The Kier molecular flexibility index (Phi) is 3.85. The van der Waals surface area contributed by atoms with Crippen molar-refractivity contribution in [1.82, 2.24) is 19.7 Å². The predicted octanol–water partition coefficient (Wildman–Crippen LogP) is -1.11. The molecule has 0 aromatic carbocycles. The van der Waals surface area contributed by atoms with Gasteiger partial charge in [-0.25, -0.2) is 8.42 Å². The van der Waals surface area contributed by atoms with Crippen LogP contribution < -0.4 is 0 Å². The van der Waals surface area contributed by atoms with Crippen LogP contribution in [0.2, 0.25) is 0 Å². The summed E-state index contributed by atoms with van der Waals surface area (Å²) < 4.78 is 24.9. The molecule has 9 heteroatoms. The van der Waals surface area contributed by atoms with Gasteiger partial charge in [-0.2, -0.15) is 0 Å². The maximum Gasteiger partial charge on any atom is 0.304 e. The van der Waals surface area contributed by atoms with Gasteiger partial charge in [0.2, 0.25) is 0 Å². The van der Waals surface area contributed by atoms with Crippen molar-refractivity contribution in [2.45, 2.75) is 19.0 Å². The van der Waals surface area contributed by atoms with E-state index in [4.69, 9.17) is 5.11 Å². The van der Waals surface area contributed by atoms with Gasteiger partial charge in [-0.1, -0.05) is 0 Å². The molecule has 8 nitrogen and oxygen atoms in total. The Morgan fingerprint density at radius 1 is 1.58 bits per heavy atom. The number of rotatable bonds is 4. The van der Waals surface area contributed by atoms with Gasteiger partial charge in [0.05, 0.1) is 24.5 Å². The number of nitrogens with zero attached hydrogens (tertiary/aromatic N) is 4. The maximum absolute atomic E-state index is 11.6. The molecule has 106 valence electrons. The van der Waals surface area contributed by atoms with Crippen LogP contribution in [0.1, 0.15) is 12.2 Å². The lowest BCUT2D eigenvalue weighted by molar-refractivity contribution is -0.138. The van der Waals surface area contributed by atoms with Crippen molar-refractivity contribution in [2.24, 2.45) is 7.05 Å². The molecule has 2 rings (SSSR count). The summed E-state index contributed by atoms with van der Waals surface area (Å²) >= 11 is 0. The van der Waals surface area contributed by atoms with Gasteiger partial charge < -0.3 is 9.67 Å². The fraction of sp³-hybridized carbons (Fsp3) is 0.700. The minimum Gasteiger partial charge on any atom is -0.481 e. The number of aryl methyl sites for hydroxylation is 1. The van der Waals surface area contributed by atoms with Crippen molar-refractivity contribution in [3.8, 4) is 0 Å². The van der Waals surface area contributed by atoms with E-state index in [0.717, 1.165) is 0 Å². The minimum atomic E-state index is -3.15. The summed E-state index contributed by atoms with van der Waals surface area (Å²) in [6.07, 6.45) is 1.37. The zero-order valence-corrected chi connectivity index (χ0v) is 11.4. The normalized spacial score (nSPS) is 23.3. The highest BCUT2D eigenvalue weighted by atomic mass is 32.2. The highest BCUT2D eigenvalue weighted by Crippen LogP contribution is 2.17. The first-order chi connectivity index (χ1) is 8.87. The van der Waals surface area contributed by atoms with E-state index in [0.29, 0.717) is 18.9 Å². The van der Waals surface area contributed by atoms with Gasteiger partial charge in [0.25, 0.3) is 0 Å². The van der Waals surface area contributed by atoms with E-state index in [1.54, 1.807) is 17.9 Å². The highest BCUT2D eigenvalue weighted by molar-refractivity contribution is 7.91. The predicted molar refractivity (Wildman–Crippen MR) is 66.1 cm³/mol. The van der Waals surface area contributed by atoms with Gasteiger partial charge in [0.15, 0.2) is 9.84 Å². The number of carbonyl (C=O) groups is 1. The number of carboxylic acids is 1. The molecule has 19 heavy (non-hydrogen) atoms. The van der Waals surface area contributed by atoms with E-state index < -0.39 is 21.8 Å². The van der Waals surface area contributed by atoms with Crippen LogP contribution in [0.4, 0.5) is 0 Å². The second kappa shape index (κ2) is 5.25. The second-order valence-electron chi connectivity index (χ2n) is 4.69. The Morgan fingerprint density at radius 3 is 2.89 bits per heavy atom. The van der Waals surface area contributed by atoms with Crippen LogP contribution in [0.25, 0.3) is 0 Å². The summed E-state index contributed by atoms with van der Waals surface area (Å²) in [4.78, 5) is 12.7. The first kappa shape index (κ1) is 13.9. The first-order valence-electron chi connectivity index (χ1n) is 5.86. The molecule has 1 saturated heterocycles. The Morgan fingerprint density at radius 2 is 2.32 bits per heavy atom. The van der Waals surface area contributed by atoms with Crippen LogP contribution in [0.3, 0.4) is 0 Å². The highest BCUT2D eigenvalue weighted by Gasteiger charge is 2.33. The Bertz CT molecular complexity index is 568. The van der Waals surface area contributed by atoms with Gasteiger partial charge in [-0.15, -0.1) is 10.2 Å². The fourth-order valence-corrected chi connectivity index (χ4v) is 3.74. The molecule has 0 aliphatic carbocycles. The van der Waals surface area contributed by atoms with E-state index in [9.17, 15) is 13.2 Å². The number of hydrogen-bond donors (Lipinski definition) is 1. The molecule has 1 unspecified atom stereocenters. The number of sulfone groups is 1. The first-order valence-corrected chi connectivity index (χ1v) is 7.68. The van der Waals surface area contributed by atoms with Crippen molar-refractivity contribution < 1.29 is 18.3 Å². The molecule has 0 spiro atoms. The summed E-state index contributed by atoms with van der Waals surface area (Å²) in [5.74, 6) is -0.363. The molecule has 0 bridgehead atoms. The zero-order chi connectivity index (χ0) is 14.0. The summed E-state index contributed by atoms with van der Waals surface area (Å²) in [7, 11) is -1.35. The standard InChI is InChI=1S/C10H16N4O4S/c1-13-7-11-12-9(13)5-14-2-3-19(17,18)6-8(14)4-10(15)16/h7-8H,2-6H2,1H3,(H,15,16). The molecular formula is C10H16N4O4S. The lowest BCUT2D eigenvalue weighted by atomic mass is 10.2. The Balaban J connectivity index is 2.13. The fourth-order valence-electron chi connectivity index (χ4n) is 2.15. The van der Waals surface area contributed by atoms with E-state index >= 15 is 0 Å². The van der Waals surface area contributed by atoms with E-state index in [1.807, 2.05) is 4.90 Å². The zero-order valence-electron chi connectivity index (χ0n) is 10.6. The molecule has 1 atom stereocenters. The number of carboxylic acid groups (broad SMARTS) is 1. The summed E-state index contributed by atoms with van der Waals surface area (Å²) in [6, 6.07) is -0.507. The molecule has 1 aliphatic heterocycles. The van der Waals surface area contributed by atoms with Gasteiger partial charge in [0, 0.05) is 19.6 Å². The van der Waals surface area contributed by atoms with Crippen molar-refractivity contribution in [2.75, 3.05) is 18.1 Å². The SMILES string of the molecule is Cn1cnnc1CN1CCS(=O)(=O)CC1CC(=O)O. The number of hydrogen-bond acceptors (Lipinski definition) is 6. The third-order valence-corrected chi connectivity index (χ3v) is 4.91. The molecule has 1 fully saturated rings. The van der Waals surface area contributed by atoms with Crippen LogP contribution >= 0.6 is 0 Å². The molecule has 0 saturated carbocycles. The van der Waals surface area contributed by atoms with Crippen LogP contribution in [0, 0.1) is 0 Å². The molecular weight excluding hydrogens is 272 g/mol. The molecule has 1 aromatic heterocycles. The third kappa shape index (κ3) is 3.51. The van der Waals surface area contributed by atoms with Crippen molar-refractivity contribution in [3.63, 3.8) is 0 Å². The third-order valence-electron chi connectivity index (χ3n) is 3.21. The van der Waals surface area contributed by atoms with Gasteiger partial charge in [-0.3, -0.25) is 9.69 Å². The van der Waals surface area contributed by atoms with Crippen molar-refractivity contribution >= 4 is 15.8 Å². The Hall–Kier alpha value is -1.48. The average molecular weight is 288 g/mol. The maximum atomic E-state index is 11.6. The lowest BCUT2D eigenvalue weighted by Crippen LogP contribution is -2.49. The quantitative estimate of drug-likeness (QED) is 0.748. The van der Waals surface area contributed by atoms with Gasteiger partial charge in [0.1, 0.15) is 12.2 Å². The summed E-state index contributed by atoms with van der Waals surface area (Å²) in [5, 5.41) is 16.6. The van der Waals surface area contributed by atoms with E-state index in [-0.39, 0.29) is 17.9 Å². The van der Waals surface area contributed by atoms with Gasteiger partial charge in [-0.05, 0) is 0 Å². The largest absolute Gasteiger partial charge is 0.481 e. The molecule has 1 N–H and O–H groups in total. The molecule has 0 amide bonds. The summed E-state index contributed by atoms with van der Waals surface area (Å²) in [6.45, 7) is 0.733. The van der Waals surface area contributed by atoms with Gasteiger partial charge >= 0.3 is 5.97 Å². The smallest absolute Gasteiger partial charge is 0.304 e. The molecule has 1 aliphatic rings. The Labute approximate surface area is 111 Å². The lowest BCUT2D eigenvalue weighted by Gasteiger charge is -2.34. The monoisotopic (exact) mass is 288 g/mol.